The fourth-order valence-corrected chi connectivity index (χ4v) is 3.84. The molecule has 0 heterocycles. The Balaban J connectivity index is 1.62. The smallest absolute Gasteiger partial charge is 0.271 e. The van der Waals surface area contributed by atoms with Gasteiger partial charge in [-0.25, -0.2) is 13.8 Å². The van der Waals surface area contributed by atoms with E-state index in [1.807, 2.05) is 19.1 Å². The quantitative estimate of drug-likeness (QED) is 0.380. The number of carbonyl (C=O) groups excluding carboxylic acids is 1. The Morgan fingerprint density at radius 2 is 1.69 bits per heavy atom. The number of rotatable bonds is 9. The van der Waals surface area contributed by atoms with Crippen LogP contribution < -0.4 is 19.6 Å². The number of benzene rings is 3. The van der Waals surface area contributed by atoms with E-state index in [-0.39, 0.29) is 4.90 Å². The number of amides is 1. The summed E-state index contributed by atoms with van der Waals surface area (Å²) in [6.07, 6.45) is 1.48. The van der Waals surface area contributed by atoms with Crippen LogP contribution in [0.1, 0.15) is 22.8 Å². The predicted octanol–water partition coefficient (Wildman–Crippen LogP) is 3.66. The van der Waals surface area contributed by atoms with Gasteiger partial charge in [0.05, 0.1) is 24.8 Å². The highest BCUT2D eigenvalue weighted by molar-refractivity contribution is 7.92. The summed E-state index contributed by atoms with van der Waals surface area (Å²) < 4.78 is 38.1. The summed E-state index contributed by atoms with van der Waals surface area (Å²) in [6.45, 7) is 2.35. The molecule has 0 aromatic heterocycles. The molecule has 0 aliphatic rings. The lowest BCUT2D eigenvalue weighted by Gasteiger charge is -2.09. The summed E-state index contributed by atoms with van der Waals surface area (Å²) in [7, 11) is -2.22. The summed E-state index contributed by atoms with van der Waals surface area (Å²) in [5.74, 6) is 0.793. The number of nitrogens with one attached hydrogen (secondary N) is 2. The van der Waals surface area contributed by atoms with Crippen molar-refractivity contribution in [1.82, 2.24) is 5.43 Å². The monoisotopic (exact) mass is 453 g/mol. The second kappa shape index (κ2) is 10.5. The van der Waals surface area contributed by atoms with Crippen molar-refractivity contribution in [2.24, 2.45) is 5.10 Å². The molecule has 2 N–H and O–H groups in total. The standard InChI is InChI=1S/C23H23N3O5S/c1-3-31-20-12-14-21(15-13-20)32(28,29)26-19-10-8-17(9-11-19)23(27)25-24-16-18-6-4-5-7-22(18)30-2/h4-16,26H,3H2,1-2H3,(H,25,27)/b24-16-. The number of para-hydroxylation sites is 1. The number of ether oxygens (including phenoxy) is 2. The maximum Gasteiger partial charge on any atom is 0.271 e. The van der Waals surface area contributed by atoms with Crippen molar-refractivity contribution in [3.05, 3.63) is 83.9 Å². The van der Waals surface area contributed by atoms with Crippen LogP contribution in [-0.4, -0.2) is 34.3 Å². The van der Waals surface area contributed by atoms with Crippen LogP contribution in [0.3, 0.4) is 0 Å². The first-order valence-corrected chi connectivity index (χ1v) is 11.2. The number of hydrazone groups is 1. The van der Waals surface area contributed by atoms with E-state index in [1.54, 1.807) is 31.4 Å². The number of sulfonamides is 1. The highest BCUT2D eigenvalue weighted by Gasteiger charge is 2.14. The molecular weight excluding hydrogens is 430 g/mol. The molecule has 3 aromatic carbocycles. The molecule has 8 nitrogen and oxygen atoms in total. The molecule has 9 heteroatoms. The normalized spacial score (nSPS) is 11.2. The first kappa shape index (κ1) is 22.8. The number of carbonyl (C=O) groups is 1. The van der Waals surface area contributed by atoms with Crippen LogP contribution in [-0.2, 0) is 10.0 Å². The molecule has 3 aromatic rings. The van der Waals surface area contributed by atoms with Crippen molar-refractivity contribution < 1.29 is 22.7 Å². The third-order valence-electron chi connectivity index (χ3n) is 4.35. The minimum absolute atomic E-state index is 0.105. The average molecular weight is 454 g/mol. The fourth-order valence-electron chi connectivity index (χ4n) is 2.78. The summed E-state index contributed by atoms with van der Waals surface area (Å²) in [5, 5.41) is 3.94. The molecular formula is C23H23N3O5S. The number of hydrogen-bond acceptors (Lipinski definition) is 6. The van der Waals surface area contributed by atoms with Crippen molar-refractivity contribution in [3.63, 3.8) is 0 Å². The summed E-state index contributed by atoms with van der Waals surface area (Å²) in [5.41, 5.74) is 3.80. The van der Waals surface area contributed by atoms with Crippen LogP contribution in [0, 0.1) is 0 Å². The maximum atomic E-state index is 12.6. The van der Waals surface area contributed by atoms with E-state index < -0.39 is 15.9 Å². The Hall–Kier alpha value is -3.85. The molecule has 0 atom stereocenters. The Kier molecular flexibility index (Phi) is 7.45. The lowest BCUT2D eigenvalue weighted by molar-refractivity contribution is 0.0955. The van der Waals surface area contributed by atoms with E-state index in [1.165, 1.54) is 42.6 Å². The van der Waals surface area contributed by atoms with Gasteiger partial charge in [0.2, 0.25) is 0 Å². The number of hydrogen-bond donors (Lipinski definition) is 2. The molecule has 0 aliphatic heterocycles. The van der Waals surface area contributed by atoms with Gasteiger partial charge in [-0.2, -0.15) is 5.10 Å². The van der Waals surface area contributed by atoms with Gasteiger partial charge in [0.15, 0.2) is 0 Å². The van der Waals surface area contributed by atoms with E-state index in [0.29, 0.717) is 34.9 Å². The van der Waals surface area contributed by atoms with Crippen LogP contribution >= 0.6 is 0 Å². The second-order valence-electron chi connectivity index (χ2n) is 6.53. The molecule has 166 valence electrons. The zero-order valence-electron chi connectivity index (χ0n) is 17.6. The Labute approximate surface area is 186 Å². The van der Waals surface area contributed by atoms with Crippen molar-refractivity contribution in [2.45, 2.75) is 11.8 Å². The van der Waals surface area contributed by atoms with Crippen molar-refractivity contribution >= 4 is 27.8 Å². The highest BCUT2D eigenvalue weighted by atomic mass is 32.2. The first-order valence-electron chi connectivity index (χ1n) is 9.75. The molecule has 0 aliphatic carbocycles. The molecule has 0 unspecified atom stereocenters. The highest BCUT2D eigenvalue weighted by Crippen LogP contribution is 2.20. The van der Waals surface area contributed by atoms with Crippen LogP contribution in [0.25, 0.3) is 0 Å². The van der Waals surface area contributed by atoms with E-state index >= 15 is 0 Å². The van der Waals surface area contributed by atoms with Gasteiger partial charge in [-0.1, -0.05) is 12.1 Å². The second-order valence-corrected chi connectivity index (χ2v) is 8.21. The number of anilines is 1. The van der Waals surface area contributed by atoms with Gasteiger partial charge < -0.3 is 9.47 Å². The molecule has 0 saturated heterocycles. The molecule has 1 amide bonds. The van der Waals surface area contributed by atoms with E-state index in [2.05, 4.69) is 15.2 Å². The minimum Gasteiger partial charge on any atom is -0.496 e. The molecule has 0 bridgehead atoms. The predicted molar refractivity (Wildman–Crippen MR) is 123 cm³/mol. The van der Waals surface area contributed by atoms with Gasteiger partial charge in [0.1, 0.15) is 11.5 Å². The summed E-state index contributed by atoms with van der Waals surface area (Å²) in [4.78, 5) is 12.4. The summed E-state index contributed by atoms with van der Waals surface area (Å²) >= 11 is 0. The van der Waals surface area contributed by atoms with Gasteiger partial charge in [-0.15, -0.1) is 0 Å². The Bertz CT molecular complexity index is 1190. The molecule has 0 saturated carbocycles. The van der Waals surface area contributed by atoms with Gasteiger partial charge >= 0.3 is 0 Å². The summed E-state index contributed by atoms with van der Waals surface area (Å²) in [6, 6.07) is 19.4. The SMILES string of the molecule is CCOc1ccc(S(=O)(=O)Nc2ccc(C(=O)N/N=C\c3ccccc3OC)cc2)cc1. The largest absolute Gasteiger partial charge is 0.496 e. The lowest BCUT2D eigenvalue weighted by atomic mass is 10.2. The number of methoxy groups -OCH3 is 1. The van der Waals surface area contributed by atoms with Gasteiger partial charge in [0, 0.05) is 16.8 Å². The third-order valence-corrected chi connectivity index (χ3v) is 5.75. The lowest BCUT2D eigenvalue weighted by Crippen LogP contribution is -2.18. The Morgan fingerprint density at radius 1 is 1.00 bits per heavy atom. The molecule has 0 spiro atoms. The van der Waals surface area contributed by atoms with Crippen molar-refractivity contribution in [1.29, 1.82) is 0 Å². The maximum absolute atomic E-state index is 12.6. The zero-order chi connectivity index (χ0) is 23.0. The van der Waals surface area contributed by atoms with Gasteiger partial charge in [0.25, 0.3) is 15.9 Å². The van der Waals surface area contributed by atoms with E-state index in [4.69, 9.17) is 9.47 Å². The molecule has 0 radical (unpaired) electrons. The van der Waals surface area contributed by atoms with Crippen LogP contribution in [0.4, 0.5) is 5.69 Å². The van der Waals surface area contributed by atoms with E-state index in [0.717, 1.165) is 0 Å². The van der Waals surface area contributed by atoms with Crippen molar-refractivity contribution in [2.75, 3.05) is 18.4 Å². The number of nitrogens with zero attached hydrogens (tertiary/aromatic N) is 1. The first-order chi connectivity index (χ1) is 15.4. The topological polar surface area (TPSA) is 106 Å². The van der Waals surface area contributed by atoms with Gasteiger partial charge in [-0.3, -0.25) is 9.52 Å². The zero-order valence-corrected chi connectivity index (χ0v) is 18.4. The average Bonchev–Trinajstić information content (AvgIpc) is 2.80. The third kappa shape index (κ3) is 5.86. The molecule has 32 heavy (non-hydrogen) atoms. The van der Waals surface area contributed by atoms with Crippen LogP contribution in [0.2, 0.25) is 0 Å². The van der Waals surface area contributed by atoms with Crippen molar-refractivity contribution in [3.8, 4) is 11.5 Å². The Morgan fingerprint density at radius 3 is 2.34 bits per heavy atom. The molecule has 0 fully saturated rings. The minimum atomic E-state index is -3.77. The van der Waals surface area contributed by atoms with Crippen LogP contribution in [0.15, 0.2) is 82.8 Å². The van der Waals surface area contributed by atoms with Crippen LogP contribution in [0.5, 0.6) is 11.5 Å². The molecule has 3 rings (SSSR count). The fraction of sp³-hybridized carbons (Fsp3) is 0.130. The van der Waals surface area contributed by atoms with E-state index in [9.17, 15) is 13.2 Å². The van der Waals surface area contributed by atoms with Gasteiger partial charge in [-0.05, 0) is 67.6 Å².